The highest BCUT2D eigenvalue weighted by atomic mass is 16.3. The zero-order chi connectivity index (χ0) is 10.2. The molecule has 14 heavy (non-hydrogen) atoms. The minimum absolute atomic E-state index is 0.000000000000000222. The van der Waals surface area contributed by atoms with Crippen LogP contribution in [0.3, 0.4) is 0 Å². The molecule has 0 aromatic carbocycles. The number of pyridine rings is 1. The first-order chi connectivity index (χ1) is 6.84. The maximum atomic E-state index is 9.91. The molecule has 0 fully saturated rings. The fourth-order valence-electron chi connectivity index (χ4n) is 0.775. The Morgan fingerprint density at radius 1 is 1.21 bits per heavy atom. The SMILES string of the molecule is O=Cc1c[nH]cc1O.c1ccncc1. The Labute approximate surface area is 81.2 Å². The van der Waals surface area contributed by atoms with Crippen LogP contribution in [0.15, 0.2) is 43.0 Å². The minimum atomic E-state index is 0.000000000000000222. The maximum absolute atomic E-state index is 9.91. The van der Waals surface area contributed by atoms with E-state index in [-0.39, 0.29) is 5.75 Å². The summed E-state index contributed by atoms with van der Waals surface area (Å²) in [6.45, 7) is 0. The molecule has 2 rings (SSSR count). The number of carbonyl (C=O) groups excluding carboxylic acids is 1. The predicted octanol–water partition coefficient (Wildman–Crippen LogP) is 1.61. The number of carbonyl (C=O) groups is 1. The van der Waals surface area contributed by atoms with E-state index in [0.29, 0.717) is 11.8 Å². The summed E-state index contributed by atoms with van der Waals surface area (Å²) in [5.74, 6) is 0.000000000000000222. The second kappa shape index (κ2) is 5.53. The van der Waals surface area contributed by atoms with Crippen LogP contribution in [-0.2, 0) is 0 Å². The molecule has 2 N–H and O–H groups in total. The van der Waals surface area contributed by atoms with Crippen LogP contribution in [-0.4, -0.2) is 21.4 Å². The Bertz CT molecular complexity index is 344. The number of aldehydes is 1. The van der Waals surface area contributed by atoms with Crippen LogP contribution in [0.5, 0.6) is 5.75 Å². The summed E-state index contributed by atoms with van der Waals surface area (Å²) in [6.07, 6.45) is 6.87. The molecule has 4 nitrogen and oxygen atoms in total. The third kappa shape index (κ3) is 3.10. The van der Waals surface area contributed by atoms with Crippen molar-refractivity contribution in [2.45, 2.75) is 0 Å². The van der Waals surface area contributed by atoms with Gasteiger partial charge in [0, 0.05) is 24.8 Å². The van der Waals surface area contributed by atoms with Gasteiger partial charge in [0.05, 0.1) is 5.56 Å². The smallest absolute Gasteiger partial charge is 0.155 e. The van der Waals surface area contributed by atoms with Crippen molar-refractivity contribution in [3.8, 4) is 5.75 Å². The van der Waals surface area contributed by atoms with Crippen molar-refractivity contribution < 1.29 is 9.90 Å². The van der Waals surface area contributed by atoms with Crippen LogP contribution < -0.4 is 0 Å². The number of aromatic hydroxyl groups is 1. The van der Waals surface area contributed by atoms with E-state index >= 15 is 0 Å². The highest BCUT2D eigenvalue weighted by Gasteiger charge is 1.95. The first kappa shape index (κ1) is 9.98. The van der Waals surface area contributed by atoms with Crippen LogP contribution in [0.2, 0.25) is 0 Å². The number of hydrogen-bond donors (Lipinski definition) is 2. The van der Waals surface area contributed by atoms with Crippen LogP contribution in [0.25, 0.3) is 0 Å². The molecular weight excluding hydrogens is 180 g/mol. The van der Waals surface area contributed by atoms with Gasteiger partial charge in [-0.3, -0.25) is 9.78 Å². The van der Waals surface area contributed by atoms with Crippen molar-refractivity contribution in [1.82, 2.24) is 9.97 Å². The van der Waals surface area contributed by atoms with Gasteiger partial charge in [0.25, 0.3) is 0 Å². The Hall–Kier alpha value is -2.10. The molecule has 0 unspecified atom stereocenters. The highest BCUT2D eigenvalue weighted by Crippen LogP contribution is 2.10. The summed E-state index contributed by atoms with van der Waals surface area (Å²) >= 11 is 0. The van der Waals surface area contributed by atoms with E-state index in [9.17, 15) is 4.79 Å². The molecular formula is C10H10N2O2. The van der Waals surface area contributed by atoms with Crippen molar-refractivity contribution in [2.24, 2.45) is 0 Å². The Morgan fingerprint density at radius 2 is 1.93 bits per heavy atom. The van der Waals surface area contributed by atoms with Crippen LogP contribution in [0.4, 0.5) is 0 Å². The summed E-state index contributed by atoms with van der Waals surface area (Å²) in [7, 11) is 0. The molecule has 0 aliphatic rings. The first-order valence-corrected chi connectivity index (χ1v) is 4.00. The number of hydrogen-bond acceptors (Lipinski definition) is 3. The second-order valence-electron chi connectivity index (χ2n) is 2.44. The molecule has 0 aliphatic carbocycles. The third-order valence-corrected chi connectivity index (χ3v) is 1.45. The molecule has 0 amide bonds. The lowest BCUT2D eigenvalue weighted by Crippen LogP contribution is -1.69. The first-order valence-electron chi connectivity index (χ1n) is 4.00. The van der Waals surface area contributed by atoms with Crippen LogP contribution in [0.1, 0.15) is 10.4 Å². The van der Waals surface area contributed by atoms with E-state index < -0.39 is 0 Å². The zero-order valence-corrected chi connectivity index (χ0v) is 7.42. The third-order valence-electron chi connectivity index (χ3n) is 1.45. The monoisotopic (exact) mass is 190 g/mol. The van der Waals surface area contributed by atoms with Gasteiger partial charge < -0.3 is 10.1 Å². The quantitative estimate of drug-likeness (QED) is 0.671. The lowest BCUT2D eigenvalue weighted by Gasteiger charge is -1.78. The minimum Gasteiger partial charge on any atom is -0.506 e. The van der Waals surface area contributed by atoms with E-state index in [1.165, 1.54) is 12.4 Å². The van der Waals surface area contributed by atoms with Crippen molar-refractivity contribution >= 4 is 6.29 Å². The summed E-state index contributed by atoms with van der Waals surface area (Å²) in [4.78, 5) is 16.3. The Balaban J connectivity index is 0.000000146. The van der Waals surface area contributed by atoms with Crippen LogP contribution in [0, 0.1) is 0 Å². The van der Waals surface area contributed by atoms with Gasteiger partial charge in [-0.05, 0) is 12.1 Å². The molecule has 4 heteroatoms. The van der Waals surface area contributed by atoms with E-state index in [2.05, 4.69) is 9.97 Å². The topological polar surface area (TPSA) is 66.0 Å². The lowest BCUT2D eigenvalue weighted by molar-refractivity contribution is 0.112. The molecule has 2 heterocycles. The van der Waals surface area contributed by atoms with Gasteiger partial charge in [0.2, 0.25) is 0 Å². The largest absolute Gasteiger partial charge is 0.506 e. The van der Waals surface area contributed by atoms with E-state index in [1.54, 1.807) is 12.4 Å². The molecule has 0 atom stereocenters. The maximum Gasteiger partial charge on any atom is 0.155 e. The molecule has 0 saturated heterocycles. The number of H-pyrrole nitrogens is 1. The Morgan fingerprint density at radius 3 is 2.14 bits per heavy atom. The molecule has 72 valence electrons. The van der Waals surface area contributed by atoms with Gasteiger partial charge in [-0.25, -0.2) is 0 Å². The molecule has 0 bridgehead atoms. The van der Waals surface area contributed by atoms with Gasteiger partial charge in [-0.1, -0.05) is 6.07 Å². The van der Waals surface area contributed by atoms with Gasteiger partial charge in [-0.15, -0.1) is 0 Å². The number of aromatic nitrogens is 2. The fourth-order valence-corrected chi connectivity index (χ4v) is 0.775. The Kier molecular flexibility index (Phi) is 3.94. The molecule has 0 spiro atoms. The molecule has 0 aliphatic heterocycles. The van der Waals surface area contributed by atoms with Gasteiger partial charge in [0.1, 0.15) is 5.75 Å². The van der Waals surface area contributed by atoms with Crippen LogP contribution >= 0.6 is 0 Å². The summed E-state index contributed by atoms with van der Waals surface area (Å²) in [6, 6.07) is 5.72. The molecule has 2 aromatic rings. The van der Waals surface area contributed by atoms with Gasteiger partial charge in [-0.2, -0.15) is 0 Å². The van der Waals surface area contributed by atoms with Gasteiger partial charge >= 0.3 is 0 Å². The summed E-state index contributed by atoms with van der Waals surface area (Å²) in [5, 5.41) is 8.69. The number of rotatable bonds is 1. The highest BCUT2D eigenvalue weighted by molar-refractivity contribution is 5.78. The van der Waals surface area contributed by atoms with Crippen molar-refractivity contribution in [1.29, 1.82) is 0 Å². The molecule has 2 aromatic heterocycles. The molecule has 0 saturated carbocycles. The molecule has 0 radical (unpaired) electrons. The average Bonchev–Trinajstić information content (AvgIpc) is 2.67. The number of aromatic amines is 1. The fraction of sp³-hybridized carbons (Fsp3) is 0. The summed E-state index contributed by atoms with van der Waals surface area (Å²) < 4.78 is 0. The number of nitrogens with zero attached hydrogens (tertiary/aromatic N) is 1. The lowest BCUT2D eigenvalue weighted by atomic mass is 10.4. The zero-order valence-electron chi connectivity index (χ0n) is 7.42. The van der Waals surface area contributed by atoms with E-state index in [0.717, 1.165) is 0 Å². The average molecular weight is 190 g/mol. The number of nitrogens with one attached hydrogen (secondary N) is 1. The normalized spacial score (nSPS) is 8.57. The predicted molar refractivity (Wildman–Crippen MR) is 52.1 cm³/mol. The summed E-state index contributed by atoms with van der Waals surface area (Å²) in [5.41, 5.74) is 0.296. The van der Waals surface area contributed by atoms with Crippen molar-refractivity contribution in [3.63, 3.8) is 0 Å². The van der Waals surface area contributed by atoms with Gasteiger partial charge in [0.15, 0.2) is 6.29 Å². The second-order valence-corrected chi connectivity index (χ2v) is 2.44. The van der Waals surface area contributed by atoms with E-state index in [4.69, 9.17) is 5.11 Å². The van der Waals surface area contributed by atoms with Crippen molar-refractivity contribution in [3.05, 3.63) is 48.5 Å². The van der Waals surface area contributed by atoms with E-state index in [1.807, 2.05) is 18.2 Å². The standard InChI is InChI=1S/C5H5NO2.C5H5N/c7-3-4-1-6-2-5(4)8;1-2-4-6-5-3-1/h1-3,6,8H;1-5H. The van der Waals surface area contributed by atoms with Crippen molar-refractivity contribution in [2.75, 3.05) is 0 Å².